The van der Waals surface area contributed by atoms with Crippen molar-refractivity contribution >= 4 is 5.91 Å². The fourth-order valence-corrected chi connectivity index (χ4v) is 2.42. The minimum Gasteiger partial charge on any atom is -0.324 e. The zero-order valence-corrected chi connectivity index (χ0v) is 11.7. The van der Waals surface area contributed by atoms with Gasteiger partial charge in [0.2, 0.25) is 5.91 Å². The SMILES string of the molecule is CCC1NC2(CC2)C(=O)N1CC(C)(C)N(C)C. The highest BCUT2D eigenvalue weighted by atomic mass is 16.2. The summed E-state index contributed by atoms with van der Waals surface area (Å²) in [5.74, 6) is 0.319. The van der Waals surface area contributed by atoms with Gasteiger partial charge in [-0.15, -0.1) is 0 Å². The first kappa shape index (κ1) is 12.8. The second kappa shape index (κ2) is 3.95. The monoisotopic (exact) mass is 239 g/mol. The zero-order chi connectivity index (χ0) is 12.8. The lowest BCUT2D eigenvalue weighted by atomic mass is 10.0. The number of hydrogen-bond donors (Lipinski definition) is 1. The molecule has 1 saturated carbocycles. The third kappa shape index (κ3) is 2.08. The standard InChI is InChI=1S/C13H25N3O/c1-6-10-14-13(7-8-13)11(17)16(10)9-12(2,3)15(4)5/h10,14H,6-9H2,1-5H3. The first-order chi connectivity index (χ1) is 7.82. The lowest BCUT2D eigenvalue weighted by Crippen LogP contribution is -2.51. The van der Waals surface area contributed by atoms with E-state index in [1.54, 1.807) is 0 Å². The molecule has 98 valence electrons. The van der Waals surface area contributed by atoms with Gasteiger partial charge >= 0.3 is 0 Å². The Morgan fingerprint density at radius 2 is 2.06 bits per heavy atom. The number of carbonyl (C=O) groups excluding carboxylic acids is 1. The number of nitrogens with zero attached hydrogens (tertiary/aromatic N) is 2. The summed E-state index contributed by atoms with van der Waals surface area (Å²) in [4.78, 5) is 16.6. The molecule has 1 heterocycles. The summed E-state index contributed by atoms with van der Waals surface area (Å²) < 4.78 is 0. The maximum atomic E-state index is 12.4. The van der Waals surface area contributed by atoms with Crippen LogP contribution in [0.15, 0.2) is 0 Å². The topological polar surface area (TPSA) is 35.6 Å². The Kier molecular flexibility index (Phi) is 2.99. The van der Waals surface area contributed by atoms with Crippen LogP contribution in [0.3, 0.4) is 0 Å². The number of carbonyl (C=O) groups is 1. The zero-order valence-electron chi connectivity index (χ0n) is 11.7. The molecule has 4 heteroatoms. The third-order valence-electron chi connectivity index (χ3n) is 4.39. The van der Waals surface area contributed by atoms with Gasteiger partial charge in [-0.25, -0.2) is 0 Å². The van der Waals surface area contributed by atoms with Crippen LogP contribution in [0.25, 0.3) is 0 Å². The Balaban J connectivity index is 2.11. The first-order valence-corrected chi connectivity index (χ1v) is 6.58. The first-order valence-electron chi connectivity index (χ1n) is 6.58. The van der Waals surface area contributed by atoms with Gasteiger partial charge in [-0.2, -0.15) is 0 Å². The summed E-state index contributed by atoms with van der Waals surface area (Å²) in [7, 11) is 4.14. The van der Waals surface area contributed by atoms with Gasteiger partial charge in [0.15, 0.2) is 0 Å². The number of rotatable bonds is 4. The molecule has 2 fully saturated rings. The molecule has 1 saturated heterocycles. The quantitative estimate of drug-likeness (QED) is 0.796. The van der Waals surface area contributed by atoms with Crippen LogP contribution in [-0.4, -0.2) is 53.6 Å². The van der Waals surface area contributed by atoms with Crippen LogP contribution < -0.4 is 5.32 Å². The van der Waals surface area contributed by atoms with Crippen LogP contribution in [-0.2, 0) is 4.79 Å². The van der Waals surface area contributed by atoms with Crippen LogP contribution >= 0.6 is 0 Å². The van der Waals surface area contributed by atoms with Crippen molar-refractivity contribution in [2.45, 2.75) is 57.3 Å². The highest BCUT2D eigenvalue weighted by Gasteiger charge is 2.59. The Morgan fingerprint density at radius 3 is 2.47 bits per heavy atom. The largest absolute Gasteiger partial charge is 0.324 e. The van der Waals surface area contributed by atoms with Crippen molar-refractivity contribution in [3.05, 3.63) is 0 Å². The maximum Gasteiger partial charge on any atom is 0.244 e. The summed E-state index contributed by atoms with van der Waals surface area (Å²) in [6.07, 6.45) is 3.24. The van der Waals surface area contributed by atoms with Gasteiger partial charge in [-0.1, -0.05) is 6.92 Å². The number of hydrogen-bond acceptors (Lipinski definition) is 3. The van der Waals surface area contributed by atoms with E-state index >= 15 is 0 Å². The fourth-order valence-electron chi connectivity index (χ4n) is 2.42. The van der Waals surface area contributed by atoms with E-state index in [4.69, 9.17) is 0 Å². The highest BCUT2D eigenvalue weighted by Crippen LogP contribution is 2.43. The van der Waals surface area contributed by atoms with Crippen molar-refractivity contribution in [3.63, 3.8) is 0 Å². The summed E-state index contributed by atoms with van der Waals surface area (Å²) in [6, 6.07) is 0. The van der Waals surface area contributed by atoms with Crippen molar-refractivity contribution in [1.82, 2.24) is 15.1 Å². The molecule has 0 aromatic rings. The molecule has 0 aromatic carbocycles. The van der Waals surface area contributed by atoms with Crippen molar-refractivity contribution in [1.29, 1.82) is 0 Å². The number of amides is 1. The van der Waals surface area contributed by atoms with Crippen LogP contribution in [0.2, 0.25) is 0 Å². The molecule has 1 aliphatic heterocycles. The third-order valence-corrected chi connectivity index (χ3v) is 4.39. The molecule has 2 rings (SSSR count). The minimum atomic E-state index is -0.178. The van der Waals surface area contributed by atoms with Crippen LogP contribution in [0.1, 0.15) is 40.0 Å². The van der Waals surface area contributed by atoms with Crippen molar-refractivity contribution in [3.8, 4) is 0 Å². The molecule has 2 aliphatic rings. The molecule has 4 nitrogen and oxygen atoms in total. The molecule has 1 amide bonds. The molecule has 1 atom stereocenters. The van der Waals surface area contributed by atoms with E-state index in [0.29, 0.717) is 5.91 Å². The fraction of sp³-hybridized carbons (Fsp3) is 0.923. The van der Waals surface area contributed by atoms with E-state index in [0.717, 1.165) is 25.8 Å². The molecule has 0 bridgehead atoms. The molecule has 17 heavy (non-hydrogen) atoms. The van der Waals surface area contributed by atoms with Gasteiger partial charge in [-0.3, -0.25) is 10.1 Å². The van der Waals surface area contributed by atoms with E-state index in [1.807, 2.05) is 4.90 Å². The summed E-state index contributed by atoms with van der Waals surface area (Å²) >= 11 is 0. The van der Waals surface area contributed by atoms with Gasteiger partial charge in [-0.05, 0) is 47.2 Å². The molecule has 0 radical (unpaired) electrons. The molecule has 0 aromatic heterocycles. The second-order valence-electron chi connectivity index (χ2n) is 6.29. The molecular formula is C13H25N3O. The van der Waals surface area contributed by atoms with E-state index in [-0.39, 0.29) is 17.2 Å². The average Bonchev–Trinajstić information content (AvgIpc) is 2.98. The number of nitrogens with one attached hydrogen (secondary N) is 1. The molecule has 1 N–H and O–H groups in total. The predicted octanol–water partition coefficient (Wildman–Crippen LogP) is 1.03. The normalized spacial score (nSPS) is 27.3. The predicted molar refractivity (Wildman–Crippen MR) is 68.7 cm³/mol. The van der Waals surface area contributed by atoms with Crippen LogP contribution in [0, 0.1) is 0 Å². The Morgan fingerprint density at radius 1 is 1.47 bits per heavy atom. The van der Waals surface area contributed by atoms with E-state index in [2.05, 4.69) is 45.1 Å². The lowest BCUT2D eigenvalue weighted by Gasteiger charge is -2.38. The van der Waals surface area contributed by atoms with Crippen molar-refractivity contribution < 1.29 is 4.79 Å². The van der Waals surface area contributed by atoms with E-state index < -0.39 is 0 Å². The molecule has 1 spiro atoms. The van der Waals surface area contributed by atoms with Gasteiger partial charge < -0.3 is 9.80 Å². The molecule has 1 aliphatic carbocycles. The Bertz CT molecular complexity index is 321. The van der Waals surface area contributed by atoms with Gasteiger partial charge in [0.25, 0.3) is 0 Å². The number of likely N-dealkylation sites (N-methyl/N-ethyl adjacent to an activating group) is 1. The van der Waals surface area contributed by atoms with Gasteiger partial charge in [0.1, 0.15) is 0 Å². The molecular weight excluding hydrogens is 214 g/mol. The molecule has 1 unspecified atom stereocenters. The minimum absolute atomic E-state index is 0.0190. The lowest BCUT2D eigenvalue weighted by molar-refractivity contribution is -0.132. The van der Waals surface area contributed by atoms with Gasteiger partial charge in [0.05, 0.1) is 11.7 Å². The Hall–Kier alpha value is -0.610. The maximum absolute atomic E-state index is 12.4. The van der Waals surface area contributed by atoms with Crippen LogP contribution in [0.4, 0.5) is 0 Å². The second-order valence-corrected chi connectivity index (χ2v) is 6.29. The van der Waals surface area contributed by atoms with Crippen molar-refractivity contribution in [2.24, 2.45) is 0 Å². The van der Waals surface area contributed by atoms with E-state index in [1.165, 1.54) is 0 Å². The van der Waals surface area contributed by atoms with Crippen LogP contribution in [0.5, 0.6) is 0 Å². The summed E-state index contributed by atoms with van der Waals surface area (Å²) in [5.41, 5.74) is -0.158. The van der Waals surface area contributed by atoms with Gasteiger partial charge in [0, 0.05) is 12.1 Å². The smallest absolute Gasteiger partial charge is 0.244 e. The Labute approximate surface area is 104 Å². The summed E-state index contributed by atoms with van der Waals surface area (Å²) in [6.45, 7) is 7.31. The average molecular weight is 239 g/mol. The highest BCUT2D eigenvalue weighted by molar-refractivity contribution is 5.91. The van der Waals surface area contributed by atoms with Crippen molar-refractivity contribution in [2.75, 3.05) is 20.6 Å². The summed E-state index contributed by atoms with van der Waals surface area (Å²) in [5, 5.41) is 3.51. The van der Waals surface area contributed by atoms with E-state index in [9.17, 15) is 4.79 Å².